The van der Waals surface area contributed by atoms with Crippen LogP contribution in [0.25, 0.3) is 16.9 Å². The van der Waals surface area contributed by atoms with E-state index in [4.69, 9.17) is 0 Å². The second kappa shape index (κ2) is 21.3. The van der Waals surface area contributed by atoms with E-state index in [1.54, 1.807) is 4.70 Å². The summed E-state index contributed by atoms with van der Waals surface area (Å²) in [5, 5.41) is 0. The molecule has 2 heteroatoms. The van der Waals surface area contributed by atoms with Gasteiger partial charge in [-0.2, -0.15) is 0 Å². The highest BCUT2D eigenvalue weighted by molar-refractivity contribution is 5.79. The van der Waals surface area contributed by atoms with Crippen LogP contribution in [0.3, 0.4) is 0 Å². The molecule has 1 aliphatic heterocycles. The maximum Gasteiger partial charge on any atom is 0.210 e. The van der Waals surface area contributed by atoms with Gasteiger partial charge in [0.2, 0.25) is 11.4 Å². The van der Waals surface area contributed by atoms with E-state index in [9.17, 15) is 5.53 Å². The van der Waals surface area contributed by atoms with Crippen molar-refractivity contribution in [2.24, 2.45) is 0 Å². The van der Waals surface area contributed by atoms with E-state index < -0.39 is 0 Å². The minimum absolute atomic E-state index is 0.963. The van der Waals surface area contributed by atoms with E-state index in [0.717, 1.165) is 49.9 Å². The first-order valence-corrected chi connectivity index (χ1v) is 19.2. The van der Waals surface area contributed by atoms with Gasteiger partial charge in [0.1, 0.15) is 0 Å². The Morgan fingerprint density at radius 2 is 0.778 bits per heavy atom. The zero-order valence-corrected chi connectivity index (χ0v) is 30.0. The number of aryl methyl sites for hydroxylation is 4. The monoisotopic (exact) mass is 611 g/mol. The Morgan fingerprint density at radius 1 is 0.422 bits per heavy atom. The second-order valence-electron chi connectivity index (χ2n) is 13.8. The summed E-state index contributed by atoms with van der Waals surface area (Å²) >= 11 is 0. The van der Waals surface area contributed by atoms with Crippen LogP contribution in [0.1, 0.15) is 184 Å². The van der Waals surface area contributed by atoms with Crippen LogP contribution in [0.5, 0.6) is 0 Å². The molecule has 2 nitrogen and oxygen atoms in total. The number of nitrogens with zero attached hydrogens (tertiary/aromatic N) is 2. The van der Waals surface area contributed by atoms with E-state index in [-0.39, 0.29) is 0 Å². The largest absolute Gasteiger partial charge is 0.493 e. The van der Waals surface area contributed by atoms with Crippen molar-refractivity contribution >= 4 is 11.4 Å². The minimum Gasteiger partial charge on any atom is -0.493 e. The molecular formula is C43H66N2. The van der Waals surface area contributed by atoms with Crippen LogP contribution in [0.2, 0.25) is 0 Å². The molecule has 0 amide bonds. The van der Waals surface area contributed by atoms with Crippen molar-refractivity contribution in [2.75, 3.05) is 0 Å². The standard InChI is InChI=1S/C43H66N2/c1-6-11-16-21-25-36-28-35(23-18-13-8-3)30-40(31-36)42-34-39(27-20-15-10-5)43(45(42)44)41-32-37(24-19-14-9-4)29-38(33-41)26-22-17-12-7-2/h28-34H,6-27H2,1-5H3. The zero-order chi connectivity index (χ0) is 32.3. The van der Waals surface area contributed by atoms with Gasteiger partial charge in [0.15, 0.2) is 0 Å². The average molecular weight is 611 g/mol. The fourth-order valence-electron chi connectivity index (χ4n) is 6.88. The first-order chi connectivity index (χ1) is 22.0. The molecule has 0 fully saturated rings. The van der Waals surface area contributed by atoms with Crippen molar-refractivity contribution in [2.45, 2.75) is 176 Å². The molecule has 0 N–H and O–H groups in total. The number of benzene rings is 2. The van der Waals surface area contributed by atoms with Gasteiger partial charge in [0, 0.05) is 22.8 Å². The van der Waals surface area contributed by atoms with Gasteiger partial charge < -0.3 is 5.53 Å². The highest BCUT2D eigenvalue weighted by atomic mass is 15.2. The van der Waals surface area contributed by atoms with Gasteiger partial charge in [-0.1, -0.05) is 124 Å². The predicted molar refractivity (Wildman–Crippen MR) is 198 cm³/mol. The molecule has 248 valence electrons. The van der Waals surface area contributed by atoms with Crippen molar-refractivity contribution in [3.63, 3.8) is 0 Å². The Kier molecular flexibility index (Phi) is 17.5. The van der Waals surface area contributed by atoms with Crippen molar-refractivity contribution in [1.82, 2.24) is 0 Å². The molecule has 0 aromatic heterocycles. The Hall–Kier alpha value is -2.48. The second-order valence-corrected chi connectivity index (χ2v) is 13.8. The highest BCUT2D eigenvalue weighted by Gasteiger charge is 2.29. The lowest BCUT2D eigenvalue weighted by atomic mass is 9.94. The molecular weight excluding hydrogens is 544 g/mol. The smallest absolute Gasteiger partial charge is 0.210 e. The third-order valence-corrected chi connectivity index (χ3v) is 9.56. The maximum atomic E-state index is 12.1. The van der Waals surface area contributed by atoms with Gasteiger partial charge in [-0.15, -0.1) is 0 Å². The third-order valence-electron chi connectivity index (χ3n) is 9.56. The van der Waals surface area contributed by atoms with E-state index in [1.807, 2.05) is 0 Å². The van der Waals surface area contributed by atoms with E-state index in [0.29, 0.717) is 0 Å². The van der Waals surface area contributed by atoms with Crippen molar-refractivity contribution < 1.29 is 4.70 Å². The van der Waals surface area contributed by atoms with Gasteiger partial charge >= 0.3 is 0 Å². The zero-order valence-electron chi connectivity index (χ0n) is 30.0. The average Bonchev–Trinajstić information content (AvgIpc) is 3.37. The van der Waals surface area contributed by atoms with Crippen LogP contribution >= 0.6 is 0 Å². The Bertz CT molecular complexity index is 1230. The van der Waals surface area contributed by atoms with Crippen LogP contribution in [0.15, 0.2) is 48.0 Å². The number of rotatable bonds is 24. The van der Waals surface area contributed by atoms with E-state index in [1.165, 1.54) is 142 Å². The topological polar surface area (TPSA) is 25.3 Å². The van der Waals surface area contributed by atoms with Gasteiger partial charge in [0.05, 0.1) is 0 Å². The summed E-state index contributed by atoms with van der Waals surface area (Å²) in [4.78, 5) is 0. The quantitative estimate of drug-likeness (QED) is 0.0834. The molecule has 1 heterocycles. The minimum atomic E-state index is 0.963. The third kappa shape index (κ3) is 12.3. The summed E-state index contributed by atoms with van der Waals surface area (Å²) in [5.41, 5.74) is 23.5. The Labute approximate surface area is 278 Å². The van der Waals surface area contributed by atoms with Gasteiger partial charge in [0.25, 0.3) is 0 Å². The van der Waals surface area contributed by atoms with E-state index in [2.05, 4.69) is 77.1 Å². The van der Waals surface area contributed by atoms with Crippen molar-refractivity contribution in [3.8, 4) is 0 Å². The first-order valence-electron chi connectivity index (χ1n) is 19.2. The maximum absolute atomic E-state index is 12.1. The lowest BCUT2D eigenvalue weighted by Crippen LogP contribution is -2.05. The van der Waals surface area contributed by atoms with Crippen LogP contribution in [0, 0.1) is 0 Å². The molecule has 0 aliphatic carbocycles. The molecule has 2 aromatic carbocycles. The number of hydrogen-bond acceptors (Lipinski definition) is 0. The fourth-order valence-corrected chi connectivity index (χ4v) is 6.88. The number of unbranched alkanes of at least 4 members (excludes halogenated alkanes) is 12. The Morgan fingerprint density at radius 3 is 1.20 bits per heavy atom. The summed E-state index contributed by atoms with van der Waals surface area (Å²) in [5.74, 6) is 0. The molecule has 45 heavy (non-hydrogen) atoms. The predicted octanol–water partition coefficient (Wildman–Crippen LogP) is 13.8. The summed E-state index contributed by atoms with van der Waals surface area (Å²) < 4.78 is 1.57. The Balaban J connectivity index is 2.00. The lowest BCUT2D eigenvalue weighted by Gasteiger charge is -2.15. The molecule has 0 unspecified atom stereocenters. The molecule has 0 radical (unpaired) electrons. The lowest BCUT2D eigenvalue weighted by molar-refractivity contribution is -0.344. The fraction of sp³-hybridized carbons (Fsp3) is 0.628. The highest BCUT2D eigenvalue weighted by Crippen LogP contribution is 2.39. The van der Waals surface area contributed by atoms with Gasteiger partial charge in [-0.05, 0) is 111 Å². The number of allylic oxidation sites excluding steroid dienone is 2. The first kappa shape index (κ1) is 37.0. The molecule has 0 saturated carbocycles. The van der Waals surface area contributed by atoms with Gasteiger partial charge in [-0.3, -0.25) is 0 Å². The molecule has 2 aromatic rings. The normalized spacial score (nSPS) is 13.3. The van der Waals surface area contributed by atoms with Gasteiger partial charge in [-0.25, -0.2) is 4.70 Å². The molecule has 1 aliphatic rings. The van der Waals surface area contributed by atoms with Crippen molar-refractivity contribution in [3.05, 3.63) is 87.0 Å². The number of hydrogen-bond donors (Lipinski definition) is 0. The summed E-state index contributed by atoms with van der Waals surface area (Å²) in [6.07, 6.45) is 29.1. The van der Waals surface area contributed by atoms with Crippen LogP contribution < -0.4 is 0 Å². The molecule has 0 saturated heterocycles. The summed E-state index contributed by atoms with van der Waals surface area (Å²) in [6, 6.07) is 14.4. The molecule has 3 rings (SSSR count). The van der Waals surface area contributed by atoms with E-state index >= 15 is 0 Å². The SMILES string of the molecule is CCCCCCc1cc(CCCCC)cc(C2=CC(CCCCC)=C(c3cc(CCCCC)cc(CCCCCC)c3)[N+]2=[N-])c1. The van der Waals surface area contributed by atoms with Crippen LogP contribution in [-0.2, 0) is 25.7 Å². The van der Waals surface area contributed by atoms with Crippen LogP contribution in [0.4, 0.5) is 0 Å². The van der Waals surface area contributed by atoms with Crippen LogP contribution in [-0.4, -0.2) is 4.70 Å². The molecule has 0 atom stereocenters. The summed E-state index contributed by atoms with van der Waals surface area (Å²) in [6.45, 7) is 11.4. The van der Waals surface area contributed by atoms with Crippen molar-refractivity contribution in [1.29, 1.82) is 0 Å². The molecule has 0 bridgehead atoms. The summed E-state index contributed by atoms with van der Waals surface area (Å²) in [7, 11) is 0. The molecule has 0 spiro atoms.